The standard InChI is InChI=1S/C26H18O8S8/c1-31-19(27)15-16(20(28)32-2)36-13(35-15)9-11-5-7-12(8-6-11)10-14-37-23-24(38-14)42-26(41-23)25-39-17(21(29)33-3)18(40-25)22(30)34-4/h5-10H,1-4H3. The maximum absolute atomic E-state index is 12.2. The molecule has 1 aromatic carbocycles. The molecule has 0 saturated carbocycles. The fraction of sp³-hybridized carbons (Fsp3) is 0.154. The highest BCUT2D eigenvalue weighted by Crippen LogP contribution is 2.69. The summed E-state index contributed by atoms with van der Waals surface area (Å²) in [7, 11) is 5.13. The Kier molecular flexibility index (Phi) is 10.6. The SMILES string of the molecule is COC(=O)C1=C(C(=O)OC)SC(=Cc2ccc(C=C3SC4=C(S3)SC(=C3SC(C(=O)OC)=C(C(=O)OC)S3)S4)cc2)S1. The van der Waals surface area contributed by atoms with Crippen LogP contribution in [0.25, 0.3) is 12.2 Å². The van der Waals surface area contributed by atoms with E-state index in [1.807, 2.05) is 30.3 Å². The second-order valence-corrected chi connectivity index (χ2v) is 17.7. The monoisotopic (exact) mass is 714 g/mol. The largest absolute Gasteiger partial charge is 0.465 e. The number of hydrogen-bond acceptors (Lipinski definition) is 16. The summed E-state index contributed by atoms with van der Waals surface area (Å²) in [4.78, 5) is 49.5. The Labute approximate surface area is 275 Å². The second kappa shape index (κ2) is 14.0. The minimum absolute atomic E-state index is 0.224. The predicted molar refractivity (Wildman–Crippen MR) is 179 cm³/mol. The van der Waals surface area contributed by atoms with Crippen LogP contribution in [0.1, 0.15) is 11.1 Å². The van der Waals surface area contributed by atoms with Crippen LogP contribution in [-0.4, -0.2) is 52.3 Å². The normalized spacial score (nSPS) is 18.1. The van der Waals surface area contributed by atoms with Gasteiger partial charge in [0.05, 0.1) is 53.9 Å². The topological polar surface area (TPSA) is 105 Å². The smallest absolute Gasteiger partial charge is 0.346 e. The van der Waals surface area contributed by atoms with E-state index in [1.165, 1.54) is 75.5 Å². The van der Waals surface area contributed by atoms with Gasteiger partial charge in [-0.25, -0.2) is 19.2 Å². The molecule has 0 spiro atoms. The van der Waals surface area contributed by atoms with Crippen LogP contribution in [-0.2, 0) is 38.1 Å². The molecule has 0 saturated heterocycles. The number of thioether (sulfide) groups is 8. The van der Waals surface area contributed by atoms with Gasteiger partial charge in [-0.1, -0.05) is 118 Å². The van der Waals surface area contributed by atoms with E-state index < -0.39 is 23.9 Å². The molecular weight excluding hydrogens is 697 g/mol. The van der Waals surface area contributed by atoms with Crippen LogP contribution >= 0.6 is 94.1 Å². The van der Waals surface area contributed by atoms with Crippen molar-refractivity contribution in [1.82, 2.24) is 0 Å². The third kappa shape index (κ3) is 6.85. The summed E-state index contributed by atoms with van der Waals surface area (Å²) in [6.07, 6.45) is 4.03. The van der Waals surface area contributed by atoms with Crippen LogP contribution in [0.3, 0.4) is 0 Å². The Morgan fingerprint density at radius 2 is 0.738 bits per heavy atom. The number of carbonyl (C=O) groups is 4. The van der Waals surface area contributed by atoms with Crippen LogP contribution < -0.4 is 0 Å². The minimum atomic E-state index is -0.570. The highest BCUT2D eigenvalue weighted by atomic mass is 32.3. The molecule has 0 amide bonds. The maximum Gasteiger partial charge on any atom is 0.346 e. The molecule has 5 rings (SSSR count). The van der Waals surface area contributed by atoms with E-state index in [9.17, 15) is 19.2 Å². The van der Waals surface area contributed by atoms with Crippen LogP contribution in [0, 0.1) is 0 Å². The summed E-state index contributed by atoms with van der Waals surface area (Å²) in [5.41, 5.74) is 1.96. The minimum Gasteiger partial charge on any atom is -0.465 e. The van der Waals surface area contributed by atoms with Gasteiger partial charge >= 0.3 is 23.9 Å². The van der Waals surface area contributed by atoms with Crippen molar-refractivity contribution < 1.29 is 38.1 Å². The van der Waals surface area contributed by atoms with Crippen molar-refractivity contribution in [1.29, 1.82) is 0 Å². The van der Waals surface area contributed by atoms with E-state index in [4.69, 9.17) is 18.9 Å². The Balaban J connectivity index is 1.21. The summed E-state index contributed by atoms with van der Waals surface area (Å²) in [6.45, 7) is 0. The van der Waals surface area contributed by atoms with E-state index in [0.29, 0.717) is 0 Å². The molecule has 42 heavy (non-hydrogen) atoms. The van der Waals surface area contributed by atoms with E-state index in [1.54, 1.807) is 47.0 Å². The zero-order valence-corrected chi connectivity index (χ0v) is 28.5. The Morgan fingerprint density at radius 3 is 1.10 bits per heavy atom. The molecule has 0 fully saturated rings. The lowest BCUT2D eigenvalue weighted by Crippen LogP contribution is -2.08. The lowest BCUT2D eigenvalue weighted by molar-refractivity contribution is -0.138. The molecule has 0 aliphatic carbocycles. The average molecular weight is 715 g/mol. The molecule has 8 nitrogen and oxygen atoms in total. The molecule has 4 aliphatic rings. The van der Waals surface area contributed by atoms with Crippen molar-refractivity contribution in [2.24, 2.45) is 0 Å². The molecule has 218 valence electrons. The lowest BCUT2D eigenvalue weighted by atomic mass is 10.1. The van der Waals surface area contributed by atoms with Gasteiger partial charge in [0, 0.05) is 0 Å². The molecule has 0 atom stereocenters. The van der Waals surface area contributed by atoms with Gasteiger partial charge in [0.15, 0.2) is 0 Å². The average Bonchev–Trinajstić information content (AvgIpc) is 3.79. The Morgan fingerprint density at radius 1 is 0.452 bits per heavy atom. The fourth-order valence-corrected chi connectivity index (χ4v) is 14.8. The number of ether oxygens (including phenoxy) is 4. The highest BCUT2D eigenvalue weighted by molar-refractivity contribution is 8.49. The van der Waals surface area contributed by atoms with Crippen LogP contribution in [0.15, 0.2) is 69.3 Å². The second-order valence-electron chi connectivity index (χ2n) is 7.84. The van der Waals surface area contributed by atoms with Crippen molar-refractivity contribution in [2.75, 3.05) is 28.4 Å². The van der Waals surface area contributed by atoms with Gasteiger partial charge in [-0.3, -0.25) is 0 Å². The van der Waals surface area contributed by atoms with Gasteiger partial charge in [-0.15, -0.1) is 0 Å². The number of methoxy groups -OCH3 is 4. The Bertz CT molecular complexity index is 1500. The third-order valence-electron chi connectivity index (χ3n) is 5.29. The van der Waals surface area contributed by atoms with Crippen molar-refractivity contribution in [3.05, 3.63) is 80.4 Å². The molecule has 4 aliphatic heterocycles. The van der Waals surface area contributed by atoms with Crippen LogP contribution in [0.4, 0.5) is 0 Å². The molecule has 4 heterocycles. The van der Waals surface area contributed by atoms with Crippen molar-refractivity contribution in [3.8, 4) is 0 Å². The molecule has 0 unspecified atom stereocenters. The molecule has 0 radical (unpaired) electrons. The number of benzene rings is 1. The summed E-state index contributed by atoms with van der Waals surface area (Å²) < 4.78 is 25.4. The van der Waals surface area contributed by atoms with E-state index in [0.717, 1.165) is 36.5 Å². The zero-order valence-electron chi connectivity index (χ0n) is 22.0. The van der Waals surface area contributed by atoms with Gasteiger partial charge in [-0.2, -0.15) is 0 Å². The van der Waals surface area contributed by atoms with E-state index in [2.05, 4.69) is 6.08 Å². The molecule has 0 N–H and O–H groups in total. The van der Waals surface area contributed by atoms with Crippen molar-refractivity contribution >= 4 is 130 Å². The first-order chi connectivity index (χ1) is 20.2. The van der Waals surface area contributed by atoms with Crippen molar-refractivity contribution in [3.63, 3.8) is 0 Å². The van der Waals surface area contributed by atoms with Gasteiger partial charge in [0.25, 0.3) is 0 Å². The number of carbonyl (C=O) groups excluding carboxylic acids is 4. The van der Waals surface area contributed by atoms with E-state index >= 15 is 0 Å². The number of rotatable bonds is 6. The quantitative estimate of drug-likeness (QED) is 0.213. The van der Waals surface area contributed by atoms with Gasteiger partial charge in [0.1, 0.15) is 19.6 Å². The van der Waals surface area contributed by atoms with Crippen molar-refractivity contribution in [2.45, 2.75) is 0 Å². The first kappa shape index (κ1) is 31.8. The number of hydrogen-bond donors (Lipinski definition) is 0. The summed E-state index contributed by atoms with van der Waals surface area (Å²) >= 11 is 11.5. The number of esters is 4. The third-order valence-corrected chi connectivity index (χ3v) is 16.3. The first-order valence-corrected chi connectivity index (χ1v) is 18.0. The zero-order chi connectivity index (χ0) is 30.0. The molecule has 1 aromatic rings. The summed E-state index contributed by atoms with van der Waals surface area (Å²) in [6, 6.07) is 7.98. The highest BCUT2D eigenvalue weighted by Gasteiger charge is 2.38. The first-order valence-electron chi connectivity index (χ1n) is 11.5. The van der Waals surface area contributed by atoms with Gasteiger partial charge < -0.3 is 18.9 Å². The molecular formula is C26H18O8S8. The molecule has 0 aromatic heterocycles. The molecule has 16 heteroatoms. The van der Waals surface area contributed by atoms with Gasteiger partial charge in [0.2, 0.25) is 0 Å². The predicted octanol–water partition coefficient (Wildman–Crippen LogP) is 7.57. The molecule has 0 bridgehead atoms. The summed E-state index contributed by atoms with van der Waals surface area (Å²) in [5.74, 6) is -2.25. The lowest BCUT2D eigenvalue weighted by Gasteiger charge is -2.06. The maximum atomic E-state index is 12.2. The van der Waals surface area contributed by atoms with E-state index in [-0.39, 0.29) is 19.6 Å². The summed E-state index contributed by atoms with van der Waals surface area (Å²) in [5, 5.41) is 0. The van der Waals surface area contributed by atoms with Gasteiger partial charge in [-0.05, 0) is 23.3 Å². The fourth-order valence-electron chi connectivity index (χ4n) is 3.37. The Hall–Kier alpha value is -1.66. The van der Waals surface area contributed by atoms with Crippen LogP contribution in [0.2, 0.25) is 0 Å². The van der Waals surface area contributed by atoms with Crippen LogP contribution in [0.5, 0.6) is 0 Å².